The Labute approximate surface area is 63.8 Å². The van der Waals surface area contributed by atoms with Gasteiger partial charge in [0.05, 0.1) is 12.1 Å². The van der Waals surface area contributed by atoms with E-state index in [1.807, 2.05) is 11.8 Å². The van der Waals surface area contributed by atoms with Gasteiger partial charge in [-0.05, 0) is 12.2 Å². The van der Waals surface area contributed by atoms with Crippen molar-refractivity contribution in [3.8, 4) is 0 Å². The van der Waals surface area contributed by atoms with Crippen molar-refractivity contribution < 1.29 is 0 Å². The number of fused-ring (bicyclic) bond motifs is 1. The Morgan fingerprint density at radius 1 is 1.33 bits per heavy atom. The molecule has 0 amide bonds. The molecule has 2 saturated heterocycles. The molecule has 4 heteroatoms. The second-order valence-electron chi connectivity index (χ2n) is 2.37. The number of hydrogen-bond acceptors (Lipinski definition) is 2. The van der Waals surface area contributed by atoms with Gasteiger partial charge in [0, 0.05) is 11.5 Å². The van der Waals surface area contributed by atoms with Crippen molar-refractivity contribution in [2.45, 2.75) is 12.1 Å². The maximum absolute atomic E-state index is 4.94. The standard InChI is InChI=1S/C5H8N2S2/c8-5-6-3-1-9-2-4(3)7-5/h3-4H,1-2H2,(H2,6,7,8)/t3-,4+. The van der Waals surface area contributed by atoms with E-state index in [1.54, 1.807) is 0 Å². The number of hydrogen-bond donors (Lipinski definition) is 2. The van der Waals surface area contributed by atoms with E-state index in [9.17, 15) is 0 Å². The molecule has 2 fully saturated rings. The molecule has 2 nitrogen and oxygen atoms in total. The zero-order chi connectivity index (χ0) is 6.27. The third-order valence-electron chi connectivity index (χ3n) is 1.71. The van der Waals surface area contributed by atoms with Gasteiger partial charge in [-0.2, -0.15) is 11.8 Å². The van der Waals surface area contributed by atoms with E-state index >= 15 is 0 Å². The molecule has 2 N–H and O–H groups in total. The largest absolute Gasteiger partial charge is 0.357 e. The molecule has 2 heterocycles. The summed E-state index contributed by atoms with van der Waals surface area (Å²) < 4.78 is 0. The average molecular weight is 160 g/mol. The highest BCUT2D eigenvalue weighted by molar-refractivity contribution is 7.99. The van der Waals surface area contributed by atoms with Crippen molar-refractivity contribution in [1.29, 1.82) is 0 Å². The zero-order valence-electron chi connectivity index (χ0n) is 4.89. The van der Waals surface area contributed by atoms with Gasteiger partial charge < -0.3 is 10.6 Å². The molecule has 0 aliphatic carbocycles. The first-order valence-electron chi connectivity index (χ1n) is 3.01. The molecule has 0 unspecified atom stereocenters. The summed E-state index contributed by atoms with van der Waals surface area (Å²) in [7, 11) is 0. The lowest BCUT2D eigenvalue weighted by Gasteiger charge is -2.03. The van der Waals surface area contributed by atoms with Gasteiger partial charge in [0.25, 0.3) is 0 Å². The SMILES string of the molecule is S=C1N[C@H]2CSC[C@H]2N1. The summed E-state index contributed by atoms with van der Waals surface area (Å²) in [5, 5.41) is 7.27. The Kier molecular flexibility index (Phi) is 1.30. The maximum atomic E-state index is 4.94. The summed E-state index contributed by atoms with van der Waals surface area (Å²) in [5.41, 5.74) is 0. The molecule has 0 radical (unpaired) electrons. The van der Waals surface area contributed by atoms with E-state index in [0.717, 1.165) is 5.11 Å². The molecule has 9 heavy (non-hydrogen) atoms. The molecular weight excluding hydrogens is 152 g/mol. The van der Waals surface area contributed by atoms with Gasteiger partial charge in [0.2, 0.25) is 0 Å². The summed E-state index contributed by atoms with van der Waals surface area (Å²) in [4.78, 5) is 0. The Bertz CT molecular complexity index is 134. The fourth-order valence-electron chi connectivity index (χ4n) is 1.22. The second-order valence-corrected chi connectivity index (χ2v) is 3.85. The van der Waals surface area contributed by atoms with Crippen LogP contribution in [0.25, 0.3) is 0 Å². The summed E-state index contributed by atoms with van der Waals surface area (Å²) in [6.45, 7) is 0. The van der Waals surface area contributed by atoms with Gasteiger partial charge in [-0.25, -0.2) is 0 Å². The molecule has 0 aromatic rings. The molecule has 2 aliphatic rings. The van der Waals surface area contributed by atoms with Crippen LogP contribution in [0.1, 0.15) is 0 Å². The lowest BCUT2D eigenvalue weighted by atomic mass is 10.2. The third kappa shape index (κ3) is 0.901. The Hall–Kier alpha value is 0.0400. The number of rotatable bonds is 0. The quantitative estimate of drug-likeness (QED) is 0.485. The molecule has 2 aliphatic heterocycles. The van der Waals surface area contributed by atoms with Crippen LogP contribution in [-0.2, 0) is 0 Å². The summed E-state index contributed by atoms with van der Waals surface area (Å²) in [6, 6.07) is 1.23. The van der Waals surface area contributed by atoms with Crippen LogP contribution in [0.15, 0.2) is 0 Å². The van der Waals surface area contributed by atoms with Gasteiger partial charge in [-0.15, -0.1) is 0 Å². The highest BCUT2D eigenvalue weighted by Crippen LogP contribution is 2.20. The van der Waals surface area contributed by atoms with Gasteiger partial charge in [0.15, 0.2) is 5.11 Å². The highest BCUT2D eigenvalue weighted by atomic mass is 32.2. The minimum Gasteiger partial charge on any atom is -0.357 e. The van der Waals surface area contributed by atoms with Crippen LogP contribution in [0, 0.1) is 0 Å². The molecule has 0 saturated carbocycles. The van der Waals surface area contributed by atoms with Crippen LogP contribution in [-0.4, -0.2) is 28.7 Å². The Morgan fingerprint density at radius 3 is 2.44 bits per heavy atom. The minimum atomic E-state index is 0.613. The number of nitrogens with one attached hydrogen (secondary N) is 2. The minimum absolute atomic E-state index is 0.613. The number of thioether (sulfide) groups is 1. The van der Waals surface area contributed by atoms with Crippen molar-refractivity contribution >= 4 is 29.1 Å². The van der Waals surface area contributed by atoms with Crippen molar-refractivity contribution in [2.24, 2.45) is 0 Å². The fraction of sp³-hybridized carbons (Fsp3) is 0.800. The second kappa shape index (κ2) is 2.02. The molecule has 0 aromatic carbocycles. The molecule has 0 aromatic heterocycles. The summed E-state index contributed by atoms with van der Waals surface area (Å²) in [6.07, 6.45) is 0. The third-order valence-corrected chi connectivity index (χ3v) is 3.14. The zero-order valence-corrected chi connectivity index (χ0v) is 6.52. The van der Waals surface area contributed by atoms with Crippen molar-refractivity contribution in [3.63, 3.8) is 0 Å². The number of thiocarbonyl (C=S) groups is 1. The Balaban J connectivity index is 2.09. The Morgan fingerprint density at radius 2 is 1.89 bits per heavy atom. The first-order chi connectivity index (χ1) is 4.36. The van der Waals surface area contributed by atoms with Crippen molar-refractivity contribution in [1.82, 2.24) is 10.6 Å². The van der Waals surface area contributed by atoms with Crippen LogP contribution >= 0.6 is 24.0 Å². The molecule has 0 bridgehead atoms. The lowest BCUT2D eigenvalue weighted by Crippen LogP contribution is -2.31. The molecule has 0 spiro atoms. The predicted molar refractivity (Wildman–Crippen MR) is 43.8 cm³/mol. The van der Waals surface area contributed by atoms with E-state index < -0.39 is 0 Å². The smallest absolute Gasteiger partial charge is 0.166 e. The first-order valence-corrected chi connectivity index (χ1v) is 4.57. The van der Waals surface area contributed by atoms with Gasteiger partial charge in [0.1, 0.15) is 0 Å². The van der Waals surface area contributed by atoms with Gasteiger partial charge in [-0.1, -0.05) is 0 Å². The van der Waals surface area contributed by atoms with E-state index in [4.69, 9.17) is 12.2 Å². The monoisotopic (exact) mass is 160 g/mol. The average Bonchev–Trinajstić information content (AvgIpc) is 2.22. The molecular formula is C5H8N2S2. The molecule has 50 valence electrons. The molecule has 2 rings (SSSR count). The maximum Gasteiger partial charge on any atom is 0.166 e. The first kappa shape index (κ1) is 5.80. The van der Waals surface area contributed by atoms with E-state index in [0.29, 0.717) is 12.1 Å². The molecule has 2 atom stereocenters. The fourth-order valence-corrected chi connectivity index (χ4v) is 2.80. The van der Waals surface area contributed by atoms with Crippen molar-refractivity contribution in [2.75, 3.05) is 11.5 Å². The summed E-state index contributed by atoms with van der Waals surface area (Å²) >= 11 is 6.93. The van der Waals surface area contributed by atoms with E-state index in [2.05, 4.69) is 10.6 Å². The lowest BCUT2D eigenvalue weighted by molar-refractivity contribution is 0.620. The van der Waals surface area contributed by atoms with Crippen molar-refractivity contribution in [3.05, 3.63) is 0 Å². The van der Waals surface area contributed by atoms with Crippen LogP contribution in [0.2, 0.25) is 0 Å². The highest BCUT2D eigenvalue weighted by Gasteiger charge is 2.33. The van der Waals surface area contributed by atoms with E-state index in [-0.39, 0.29) is 0 Å². The van der Waals surface area contributed by atoms with Crippen LogP contribution < -0.4 is 10.6 Å². The summed E-state index contributed by atoms with van der Waals surface area (Å²) in [5.74, 6) is 2.41. The van der Waals surface area contributed by atoms with Crippen LogP contribution in [0.4, 0.5) is 0 Å². The van der Waals surface area contributed by atoms with Gasteiger partial charge in [-0.3, -0.25) is 0 Å². The van der Waals surface area contributed by atoms with E-state index in [1.165, 1.54) is 11.5 Å². The predicted octanol–water partition coefficient (Wildman–Crippen LogP) is -0.0519. The normalized spacial score (nSPS) is 39.8. The van der Waals surface area contributed by atoms with Crippen LogP contribution in [0.3, 0.4) is 0 Å². The topological polar surface area (TPSA) is 24.1 Å². The van der Waals surface area contributed by atoms with Crippen LogP contribution in [0.5, 0.6) is 0 Å². The van der Waals surface area contributed by atoms with Gasteiger partial charge >= 0.3 is 0 Å².